The molecule has 78 valence electrons. The van der Waals surface area contributed by atoms with Crippen LogP contribution in [0.3, 0.4) is 0 Å². The Balaban J connectivity index is 2.47. The monoisotopic (exact) mass is 332 g/mol. The van der Waals surface area contributed by atoms with Crippen LogP contribution >= 0.6 is 31.9 Å². The van der Waals surface area contributed by atoms with Crippen molar-refractivity contribution in [1.82, 2.24) is 20.2 Å². The number of halogens is 2. The zero-order chi connectivity index (χ0) is 10.8. The molecule has 0 N–H and O–H groups in total. The summed E-state index contributed by atoms with van der Waals surface area (Å²) in [5.74, 6) is 0.767. The van der Waals surface area contributed by atoms with Crippen LogP contribution in [0, 0.1) is 0 Å². The number of tetrazole rings is 1. The summed E-state index contributed by atoms with van der Waals surface area (Å²) < 4.78 is 8.11. The number of ether oxygens (including phenoxy) is 1. The van der Waals surface area contributed by atoms with Crippen LogP contribution in [-0.2, 0) is 0 Å². The van der Waals surface area contributed by atoms with Gasteiger partial charge >= 0.3 is 0 Å². The van der Waals surface area contributed by atoms with Gasteiger partial charge in [-0.05, 0) is 60.5 Å². The summed E-state index contributed by atoms with van der Waals surface area (Å²) in [7, 11) is 1.62. The van der Waals surface area contributed by atoms with Crippen molar-refractivity contribution < 1.29 is 4.74 Å². The molecular weight excluding hydrogens is 328 g/mol. The number of benzene rings is 1. The standard InChI is InChI=1S/C8H6Br2N4O/c1-15-7-3-2-5(4-6(7)9)14-8(10)11-12-13-14/h2-4H,1H3. The van der Waals surface area contributed by atoms with E-state index < -0.39 is 0 Å². The summed E-state index contributed by atoms with van der Waals surface area (Å²) in [4.78, 5) is 0. The summed E-state index contributed by atoms with van der Waals surface area (Å²) >= 11 is 6.64. The fourth-order valence-corrected chi connectivity index (χ4v) is 2.00. The molecule has 0 aliphatic heterocycles. The van der Waals surface area contributed by atoms with Gasteiger partial charge in [-0.25, -0.2) is 0 Å². The van der Waals surface area contributed by atoms with Gasteiger partial charge < -0.3 is 4.74 Å². The molecule has 1 aromatic heterocycles. The minimum atomic E-state index is 0.555. The fraction of sp³-hybridized carbons (Fsp3) is 0.125. The second-order valence-electron chi connectivity index (χ2n) is 2.68. The third-order valence-corrected chi connectivity index (χ3v) is 2.93. The van der Waals surface area contributed by atoms with E-state index in [1.807, 2.05) is 18.2 Å². The Kier molecular flexibility index (Phi) is 3.01. The highest BCUT2D eigenvalue weighted by atomic mass is 79.9. The predicted molar refractivity (Wildman–Crippen MR) is 61.1 cm³/mol. The maximum absolute atomic E-state index is 5.13. The van der Waals surface area contributed by atoms with Gasteiger partial charge in [0.05, 0.1) is 17.3 Å². The minimum absolute atomic E-state index is 0.555. The molecule has 0 bridgehead atoms. The van der Waals surface area contributed by atoms with Gasteiger partial charge in [-0.2, -0.15) is 4.68 Å². The van der Waals surface area contributed by atoms with Crippen LogP contribution in [0.15, 0.2) is 27.4 Å². The fourth-order valence-electron chi connectivity index (χ4n) is 1.12. The van der Waals surface area contributed by atoms with Crippen molar-refractivity contribution in [2.24, 2.45) is 0 Å². The molecule has 0 aliphatic carbocycles. The van der Waals surface area contributed by atoms with Crippen LogP contribution in [0.4, 0.5) is 0 Å². The van der Waals surface area contributed by atoms with Gasteiger partial charge in [0.25, 0.3) is 0 Å². The third kappa shape index (κ3) is 2.03. The summed E-state index contributed by atoms with van der Waals surface area (Å²) in [6, 6.07) is 5.58. The zero-order valence-corrected chi connectivity index (χ0v) is 10.9. The number of hydrogen-bond acceptors (Lipinski definition) is 4. The quantitative estimate of drug-likeness (QED) is 0.845. The van der Waals surface area contributed by atoms with E-state index in [0.717, 1.165) is 15.9 Å². The first-order valence-electron chi connectivity index (χ1n) is 4.00. The topological polar surface area (TPSA) is 52.8 Å². The highest BCUT2D eigenvalue weighted by Gasteiger charge is 2.07. The average molecular weight is 334 g/mol. The first-order chi connectivity index (χ1) is 7.22. The number of hydrogen-bond donors (Lipinski definition) is 0. The SMILES string of the molecule is COc1ccc(-n2nnnc2Br)cc1Br. The zero-order valence-electron chi connectivity index (χ0n) is 7.69. The Morgan fingerprint density at radius 3 is 2.67 bits per heavy atom. The van der Waals surface area contributed by atoms with Gasteiger partial charge in [-0.1, -0.05) is 0 Å². The molecule has 0 aliphatic rings. The molecule has 0 saturated carbocycles. The highest BCUT2D eigenvalue weighted by molar-refractivity contribution is 9.10. The second-order valence-corrected chi connectivity index (χ2v) is 4.24. The van der Waals surface area contributed by atoms with Crippen LogP contribution in [0.5, 0.6) is 5.75 Å². The molecule has 0 unspecified atom stereocenters. The molecule has 0 saturated heterocycles. The van der Waals surface area contributed by atoms with Gasteiger partial charge in [0.15, 0.2) is 0 Å². The number of nitrogens with zero attached hydrogens (tertiary/aromatic N) is 4. The third-order valence-electron chi connectivity index (χ3n) is 1.81. The van der Waals surface area contributed by atoms with Gasteiger partial charge in [0.2, 0.25) is 4.73 Å². The van der Waals surface area contributed by atoms with Crippen LogP contribution in [-0.4, -0.2) is 27.3 Å². The van der Waals surface area contributed by atoms with Crippen LogP contribution in [0.2, 0.25) is 0 Å². The first kappa shape index (κ1) is 10.6. The number of aromatic nitrogens is 4. The maximum atomic E-state index is 5.13. The van der Waals surface area contributed by atoms with E-state index in [9.17, 15) is 0 Å². The Labute approximate surface area is 103 Å². The summed E-state index contributed by atoms with van der Waals surface area (Å²) in [5.41, 5.74) is 0.847. The molecule has 0 spiro atoms. The summed E-state index contributed by atoms with van der Waals surface area (Å²) in [6.45, 7) is 0. The van der Waals surface area contributed by atoms with Crippen LogP contribution in [0.1, 0.15) is 0 Å². The van der Waals surface area contributed by atoms with E-state index in [4.69, 9.17) is 4.74 Å². The van der Waals surface area contributed by atoms with E-state index in [0.29, 0.717) is 4.73 Å². The molecule has 2 rings (SSSR count). The molecule has 7 heteroatoms. The molecule has 15 heavy (non-hydrogen) atoms. The second kappa shape index (κ2) is 4.28. The smallest absolute Gasteiger partial charge is 0.222 e. The summed E-state index contributed by atoms with van der Waals surface area (Å²) in [6.07, 6.45) is 0. The van der Waals surface area contributed by atoms with Crippen molar-refractivity contribution in [3.8, 4) is 11.4 Å². The molecule has 2 aromatic rings. The van der Waals surface area contributed by atoms with Crippen molar-refractivity contribution in [2.45, 2.75) is 0 Å². The van der Waals surface area contributed by atoms with E-state index >= 15 is 0 Å². The Bertz CT molecular complexity index is 485. The first-order valence-corrected chi connectivity index (χ1v) is 5.59. The van der Waals surface area contributed by atoms with Gasteiger partial charge in [0.1, 0.15) is 5.75 Å². The van der Waals surface area contributed by atoms with Crippen LogP contribution < -0.4 is 4.74 Å². The van der Waals surface area contributed by atoms with Crippen molar-refractivity contribution in [3.63, 3.8) is 0 Å². The van der Waals surface area contributed by atoms with Crippen molar-refractivity contribution in [1.29, 1.82) is 0 Å². The van der Waals surface area contributed by atoms with Crippen molar-refractivity contribution in [3.05, 3.63) is 27.4 Å². The Morgan fingerprint density at radius 2 is 2.13 bits per heavy atom. The van der Waals surface area contributed by atoms with E-state index in [-0.39, 0.29) is 0 Å². The molecule has 5 nitrogen and oxygen atoms in total. The van der Waals surface area contributed by atoms with Gasteiger partial charge in [0, 0.05) is 0 Å². The molecule has 0 atom stereocenters. The normalized spacial score (nSPS) is 10.3. The lowest BCUT2D eigenvalue weighted by Crippen LogP contribution is -1.97. The Hall–Kier alpha value is -0.950. The van der Waals surface area contributed by atoms with E-state index in [1.165, 1.54) is 0 Å². The largest absolute Gasteiger partial charge is 0.496 e. The maximum Gasteiger partial charge on any atom is 0.222 e. The molecule has 1 heterocycles. The summed E-state index contributed by atoms with van der Waals surface area (Å²) in [5, 5.41) is 11.1. The van der Waals surface area contributed by atoms with E-state index in [1.54, 1.807) is 11.8 Å². The van der Waals surface area contributed by atoms with Gasteiger partial charge in [-0.15, -0.1) is 5.10 Å². The molecule has 0 radical (unpaired) electrons. The van der Waals surface area contributed by atoms with E-state index in [2.05, 4.69) is 47.4 Å². The lowest BCUT2D eigenvalue weighted by Gasteiger charge is -2.05. The van der Waals surface area contributed by atoms with Crippen molar-refractivity contribution >= 4 is 31.9 Å². The van der Waals surface area contributed by atoms with Crippen molar-refractivity contribution in [2.75, 3.05) is 7.11 Å². The average Bonchev–Trinajstić information content (AvgIpc) is 2.64. The predicted octanol–water partition coefficient (Wildman–Crippen LogP) is 2.20. The molecule has 0 fully saturated rings. The molecular formula is C8H6Br2N4O. The minimum Gasteiger partial charge on any atom is -0.496 e. The Morgan fingerprint density at radius 1 is 1.33 bits per heavy atom. The molecule has 1 aromatic carbocycles. The lowest BCUT2D eigenvalue weighted by atomic mass is 10.3. The number of methoxy groups -OCH3 is 1. The number of rotatable bonds is 2. The lowest BCUT2D eigenvalue weighted by molar-refractivity contribution is 0.412. The van der Waals surface area contributed by atoms with Crippen LogP contribution in [0.25, 0.3) is 5.69 Å². The highest BCUT2D eigenvalue weighted by Crippen LogP contribution is 2.27. The van der Waals surface area contributed by atoms with Gasteiger partial charge in [-0.3, -0.25) is 0 Å². The molecule has 0 amide bonds.